The van der Waals surface area contributed by atoms with Crippen LogP contribution in [0.15, 0.2) is 29.2 Å². The van der Waals surface area contributed by atoms with E-state index in [0.717, 1.165) is 17.7 Å². The number of non-ortho nitro benzene ring substituents is 1. The van der Waals surface area contributed by atoms with Crippen molar-refractivity contribution in [1.82, 2.24) is 10.2 Å². The zero-order valence-electron chi connectivity index (χ0n) is 15.7. The van der Waals surface area contributed by atoms with Crippen LogP contribution in [-0.4, -0.2) is 53.3 Å². The Morgan fingerprint density at radius 2 is 1.85 bits per heavy atom. The van der Waals surface area contributed by atoms with E-state index in [2.05, 4.69) is 5.32 Å². The van der Waals surface area contributed by atoms with Crippen molar-refractivity contribution in [3.05, 3.63) is 34.4 Å². The van der Waals surface area contributed by atoms with Crippen molar-refractivity contribution >= 4 is 29.4 Å². The number of likely N-dealkylation sites (tertiary alicyclic amines) is 1. The van der Waals surface area contributed by atoms with Gasteiger partial charge in [0.15, 0.2) is 0 Å². The molecule has 1 saturated heterocycles. The molecule has 2 atom stereocenters. The Morgan fingerprint density at radius 3 is 2.37 bits per heavy atom. The van der Waals surface area contributed by atoms with Crippen molar-refractivity contribution in [1.29, 1.82) is 0 Å². The Labute approximate surface area is 162 Å². The van der Waals surface area contributed by atoms with Gasteiger partial charge in [0.2, 0.25) is 5.91 Å². The molecule has 9 heteroatoms. The number of ether oxygens (including phenoxy) is 1. The molecule has 1 aromatic rings. The number of nitro groups is 1. The lowest BCUT2D eigenvalue weighted by molar-refractivity contribution is -0.384. The third-order valence-corrected chi connectivity index (χ3v) is 5.89. The average molecular weight is 395 g/mol. The van der Waals surface area contributed by atoms with Crippen LogP contribution in [0.5, 0.6) is 0 Å². The molecule has 2 unspecified atom stereocenters. The summed E-state index contributed by atoms with van der Waals surface area (Å²) in [6.07, 6.45) is 1.33. The zero-order chi connectivity index (χ0) is 20.0. The second kappa shape index (κ2) is 9.59. The van der Waals surface area contributed by atoms with Crippen LogP contribution in [0.2, 0.25) is 0 Å². The summed E-state index contributed by atoms with van der Waals surface area (Å²) in [5, 5.41) is 13.4. The number of piperidine rings is 1. The van der Waals surface area contributed by atoms with Crippen LogP contribution in [0.4, 0.5) is 10.5 Å². The van der Waals surface area contributed by atoms with Gasteiger partial charge in [-0.3, -0.25) is 14.9 Å². The molecule has 0 bridgehead atoms. The summed E-state index contributed by atoms with van der Waals surface area (Å²) in [5.74, 6) is 0.243. The van der Waals surface area contributed by atoms with Gasteiger partial charge in [0.1, 0.15) is 0 Å². The first-order valence-corrected chi connectivity index (χ1v) is 9.74. The van der Waals surface area contributed by atoms with Gasteiger partial charge >= 0.3 is 6.09 Å². The number of methoxy groups -OCH3 is 1. The van der Waals surface area contributed by atoms with Gasteiger partial charge < -0.3 is 15.0 Å². The molecule has 0 saturated carbocycles. The second-order valence-corrected chi connectivity index (χ2v) is 8.02. The molecule has 8 nitrogen and oxygen atoms in total. The highest BCUT2D eigenvalue weighted by atomic mass is 32.2. The maximum absolute atomic E-state index is 12.5. The molecule has 148 valence electrons. The van der Waals surface area contributed by atoms with Crippen LogP contribution >= 0.6 is 11.8 Å². The van der Waals surface area contributed by atoms with Crippen LogP contribution in [0, 0.1) is 16.0 Å². The first-order chi connectivity index (χ1) is 12.8. The number of nitro benzene ring substituents is 1. The normalized spacial score (nSPS) is 17.1. The molecule has 2 rings (SSSR count). The minimum Gasteiger partial charge on any atom is -0.453 e. The van der Waals surface area contributed by atoms with E-state index in [1.165, 1.54) is 31.0 Å². The van der Waals surface area contributed by atoms with E-state index < -0.39 is 4.92 Å². The van der Waals surface area contributed by atoms with Gasteiger partial charge in [-0.05, 0) is 44.7 Å². The fourth-order valence-corrected chi connectivity index (χ4v) is 3.95. The summed E-state index contributed by atoms with van der Waals surface area (Å²) in [6.45, 7) is 5.06. The van der Waals surface area contributed by atoms with Crippen molar-refractivity contribution in [2.45, 2.75) is 42.9 Å². The SMILES string of the molecule is COC(=O)N1CCC(C(C)NC(=O)C(C)Sc2ccc([N+](=O)[O-])cc2)CC1. The van der Waals surface area contributed by atoms with E-state index in [4.69, 9.17) is 4.74 Å². The van der Waals surface area contributed by atoms with Gasteiger partial charge in [-0.2, -0.15) is 0 Å². The van der Waals surface area contributed by atoms with Gasteiger partial charge in [-0.25, -0.2) is 4.79 Å². The fraction of sp³-hybridized carbons (Fsp3) is 0.556. The van der Waals surface area contributed by atoms with Gasteiger partial charge in [-0.15, -0.1) is 11.8 Å². The summed E-state index contributed by atoms with van der Waals surface area (Å²) >= 11 is 1.36. The average Bonchev–Trinajstić information content (AvgIpc) is 2.67. The molecule has 27 heavy (non-hydrogen) atoms. The largest absolute Gasteiger partial charge is 0.453 e. The molecule has 1 N–H and O–H groups in total. The molecule has 1 fully saturated rings. The van der Waals surface area contributed by atoms with E-state index >= 15 is 0 Å². The van der Waals surface area contributed by atoms with Gasteiger partial charge in [0.25, 0.3) is 5.69 Å². The number of nitrogens with one attached hydrogen (secondary N) is 1. The van der Waals surface area contributed by atoms with Crippen LogP contribution in [0.25, 0.3) is 0 Å². The van der Waals surface area contributed by atoms with Gasteiger partial charge in [0, 0.05) is 36.2 Å². The predicted molar refractivity (Wildman–Crippen MR) is 103 cm³/mol. The second-order valence-electron chi connectivity index (χ2n) is 6.60. The monoisotopic (exact) mass is 395 g/mol. The molecule has 2 amide bonds. The van der Waals surface area contributed by atoms with Crippen molar-refractivity contribution < 1.29 is 19.2 Å². The molecular formula is C18H25N3O5S. The Morgan fingerprint density at radius 1 is 1.26 bits per heavy atom. The van der Waals surface area contributed by atoms with Crippen LogP contribution < -0.4 is 5.32 Å². The van der Waals surface area contributed by atoms with Crippen molar-refractivity contribution in [2.75, 3.05) is 20.2 Å². The van der Waals surface area contributed by atoms with E-state index in [1.807, 2.05) is 13.8 Å². The number of thioether (sulfide) groups is 1. The third-order valence-electron chi connectivity index (χ3n) is 4.78. The Kier molecular flexibility index (Phi) is 7.46. The number of carbonyl (C=O) groups is 2. The minimum atomic E-state index is -0.447. The number of hydrogen-bond acceptors (Lipinski definition) is 6. The van der Waals surface area contributed by atoms with Crippen LogP contribution in [0.3, 0.4) is 0 Å². The maximum atomic E-state index is 12.5. The highest BCUT2D eigenvalue weighted by Crippen LogP contribution is 2.26. The number of amides is 2. The number of nitrogens with zero attached hydrogens (tertiary/aromatic N) is 2. The molecule has 1 aliphatic heterocycles. The molecule has 0 radical (unpaired) electrons. The lowest BCUT2D eigenvalue weighted by Crippen LogP contribution is -2.47. The Balaban J connectivity index is 1.81. The Bertz CT molecular complexity index is 674. The smallest absolute Gasteiger partial charge is 0.409 e. The van der Waals surface area contributed by atoms with Crippen molar-refractivity contribution in [3.63, 3.8) is 0 Å². The summed E-state index contributed by atoms with van der Waals surface area (Å²) in [7, 11) is 1.38. The van der Waals surface area contributed by atoms with Crippen molar-refractivity contribution in [3.8, 4) is 0 Å². The zero-order valence-corrected chi connectivity index (χ0v) is 16.5. The summed E-state index contributed by atoms with van der Waals surface area (Å²) < 4.78 is 4.74. The maximum Gasteiger partial charge on any atom is 0.409 e. The molecule has 1 heterocycles. The Hall–Kier alpha value is -2.29. The summed E-state index contributed by atoms with van der Waals surface area (Å²) in [5.41, 5.74) is 0.0309. The number of rotatable bonds is 6. The van der Waals surface area contributed by atoms with Crippen LogP contribution in [0.1, 0.15) is 26.7 Å². The fourth-order valence-electron chi connectivity index (χ4n) is 3.07. The van der Waals surface area contributed by atoms with E-state index in [-0.39, 0.29) is 29.0 Å². The molecule has 0 aromatic heterocycles. The van der Waals surface area contributed by atoms with E-state index in [1.54, 1.807) is 17.0 Å². The topological polar surface area (TPSA) is 102 Å². The molecule has 0 aliphatic carbocycles. The molecule has 0 spiro atoms. The quantitative estimate of drug-likeness (QED) is 0.451. The van der Waals surface area contributed by atoms with E-state index in [0.29, 0.717) is 19.0 Å². The predicted octanol–water partition coefficient (Wildman–Crippen LogP) is 3.06. The van der Waals surface area contributed by atoms with Gasteiger partial charge in [-0.1, -0.05) is 0 Å². The molecular weight excluding hydrogens is 370 g/mol. The first kappa shape index (κ1) is 21.0. The number of carbonyl (C=O) groups excluding carboxylic acids is 2. The molecule has 1 aromatic carbocycles. The summed E-state index contributed by atoms with van der Waals surface area (Å²) in [6, 6.07) is 6.18. The summed E-state index contributed by atoms with van der Waals surface area (Å²) in [4.78, 5) is 36.7. The highest BCUT2D eigenvalue weighted by molar-refractivity contribution is 8.00. The molecule has 1 aliphatic rings. The van der Waals surface area contributed by atoms with E-state index in [9.17, 15) is 19.7 Å². The number of benzene rings is 1. The lowest BCUT2D eigenvalue weighted by Gasteiger charge is -2.34. The number of hydrogen-bond donors (Lipinski definition) is 1. The third kappa shape index (κ3) is 5.85. The van der Waals surface area contributed by atoms with Crippen molar-refractivity contribution in [2.24, 2.45) is 5.92 Å². The van der Waals surface area contributed by atoms with Gasteiger partial charge in [0.05, 0.1) is 17.3 Å². The first-order valence-electron chi connectivity index (χ1n) is 8.86. The highest BCUT2D eigenvalue weighted by Gasteiger charge is 2.28. The lowest BCUT2D eigenvalue weighted by atomic mass is 9.90. The standard InChI is InChI=1S/C18H25N3O5S/c1-12(14-8-10-20(11-9-14)18(23)26-3)19-17(22)13(2)27-16-6-4-15(5-7-16)21(24)25/h4-7,12-14H,8-11H2,1-3H3,(H,19,22). The van der Waals surface area contributed by atoms with Crippen LogP contribution in [-0.2, 0) is 9.53 Å². The minimum absolute atomic E-state index is 0.0113.